The molecule has 5 heteroatoms. The molecule has 4 saturated carbocycles. The fourth-order valence-electron chi connectivity index (χ4n) is 7.33. The molecule has 0 aromatic heterocycles. The lowest BCUT2D eigenvalue weighted by Gasteiger charge is -2.57. The summed E-state index contributed by atoms with van der Waals surface area (Å²) in [5.41, 5.74) is 3.48. The van der Waals surface area contributed by atoms with E-state index in [0.717, 1.165) is 23.4 Å². The SMILES string of the molecule is CN(c1ccc(Oc2ccc(C34CC5CC(CC(C5)C3)C4)cc2Cl)cc1)c1ccccc1C(=O)O. The summed E-state index contributed by atoms with van der Waals surface area (Å²) in [6, 6.07) is 21.0. The molecule has 0 amide bonds. The van der Waals surface area contributed by atoms with E-state index in [4.69, 9.17) is 16.3 Å². The lowest BCUT2D eigenvalue weighted by Crippen LogP contribution is -2.48. The van der Waals surface area contributed by atoms with Gasteiger partial charge in [0.1, 0.15) is 11.5 Å². The summed E-state index contributed by atoms with van der Waals surface area (Å²) in [7, 11) is 1.86. The van der Waals surface area contributed by atoms with Crippen LogP contribution in [-0.4, -0.2) is 18.1 Å². The number of nitrogens with zero attached hydrogens (tertiary/aromatic N) is 1. The van der Waals surface area contributed by atoms with Crippen molar-refractivity contribution in [2.24, 2.45) is 17.8 Å². The minimum absolute atomic E-state index is 0.265. The average molecular weight is 488 g/mol. The lowest BCUT2D eigenvalue weighted by atomic mass is 9.48. The highest BCUT2D eigenvalue weighted by molar-refractivity contribution is 6.32. The maximum atomic E-state index is 11.6. The van der Waals surface area contributed by atoms with Crippen LogP contribution in [0.1, 0.15) is 54.4 Å². The molecular formula is C30H30ClNO3. The Morgan fingerprint density at radius 1 is 0.943 bits per heavy atom. The number of carboxylic acid groups (broad SMARTS) is 1. The Kier molecular flexibility index (Phi) is 5.52. The first-order chi connectivity index (χ1) is 16.9. The number of anilines is 2. The molecule has 4 aliphatic rings. The third-order valence-electron chi connectivity index (χ3n) is 8.53. The quantitative estimate of drug-likeness (QED) is 0.382. The number of hydrogen-bond acceptors (Lipinski definition) is 3. The molecule has 0 unspecified atom stereocenters. The van der Waals surface area contributed by atoms with Crippen LogP contribution in [0.15, 0.2) is 66.7 Å². The summed E-state index contributed by atoms with van der Waals surface area (Å²) in [4.78, 5) is 13.5. The van der Waals surface area contributed by atoms with Gasteiger partial charge in [-0.1, -0.05) is 29.8 Å². The van der Waals surface area contributed by atoms with Gasteiger partial charge >= 0.3 is 5.97 Å². The Hall–Kier alpha value is -2.98. The molecule has 35 heavy (non-hydrogen) atoms. The van der Waals surface area contributed by atoms with Gasteiger partial charge in [-0.2, -0.15) is 0 Å². The summed E-state index contributed by atoms with van der Waals surface area (Å²) in [5.74, 6) is 3.11. The molecule has 7 rings (SSSR count). The smallest absolute Gasteiger partial charge is 0.337 e. The molecule has 4 aliphatic carbocycles. The van der Waals surface area contributed by atoms with Gasteiger partial charge in [-0.15, -0.1) is 0 Å². The van der Waals surface area contributed by atoms with Crippen molar-refractivity contribution in [2.45, 2.75) is 43.9 Å². The number of ether oxygens (including phenoxy) is 1. The molecule has 3 aromatic rings. The number of halogens is 1. The third kappa shape index (κ3) is 4.08. The molecule has 0 atom stereocenters. The van der Waals surface area contributed by atoms with Crippen LogP contribution in [0, 0.1) is 17.8 Å². The van der Waals surface area contributed by atoms with Crippen LogP contribution in [-0.2, 0) is 5.41 Å². The fourth-order valence-corrected chi connectivity index (χ4v) is 7.55. The topological polar surface area (TPSA) is 49.8 Å². The molecule has 0 spiro atoms. The summed E-state index contributed by atoms with van der Waals surface area (Å²) < 4.78 is 6.14. The highest BCUT2D eigenvalue weighted by atomic mass is 35.5. The maximum Gasteiger partial charge on any atom is 0.337 e. The minimum Gasteiger partial charge on any atom is -0.478 e. The second-order valence-corrected chi connectivity index (χ2v) is 11.2. The number of benzene rings is 3. The Balaban J connectivity index is 1.19. The summed E-state index contributed by atoms with van der Waals surface area (Å²) in [6.45, 7) is 0. The zero-order valence-electron chi connectivity index (χ0n) is 19.9. The van der Waals surface area contributed by atoms with Gasteiger partial charge in [0.2, 0.25) is 0 Å². The molecule has 0 radical (unpaired) electrons. The zero-order chi connectivity index (χ0) is 24.2. The monoisotopic (exact) mass is 487 g/mol. The van der Waals surface area contributed by atoms with Crippen LogP contribution in [0.25, 0.3) is 0 Å². The van der Waals surface area contributed by atoms with Gasteiger partial charge in [0.25, 0.3) is 0 Å². The van der Waals surface area contributed by atoms with E-state index in [2.05, 4.69) is 12.1 Å². The van der Waals surface area contributed by atoms with Crippen molar-refractivity contribution in [1.82, 2.24) is 0 Å². The Bertz CT molecular complexity index is 1230. The predicted molar refractivity (Wildman–Crippen MR) is 139 cm³/mol. The van der Waals surface area contributed by atoms with E-state index in [1.54, 1.807) is 18.2 Å². The zero-order valence-corrected chi connectivity index (χ0v) is 20.7. The first-order valence-electron chi connectivity index (χ1n) is 12.5. The number of aromatic carboxylic acids is 1. The number of para-hydroxylation sites is 1. The molecule has 0 heterocycles. The van der Waals surface area contributed by atoms with Crippen molar-refractivity contribution in [3.8, 4) is 11.5 Å². The summed E-state index contributed by atoms with van der Waals surface area (Å²) in [5, 5.41) is 10.2. The molecule has 3 aromatic carbocycles. The largest absolute Gasteiger partial charge is 0.478 e. The third-order valence-corrected chi connectivity index (χ3v) is 8.83. The molecule has 180 valence electrons. The molecule has 4 nitrogen and oxygen atoms in total. The molecular weight excluding hydrogens is 458 g/mol. The average Bonchev–Trinajstić information content (AvgIpc) is 2.84. The first-order valence-corrected chi connectivity index (χ1v) is 12.9. The molecule has 4 fully saturated rings. The Morgan fingerprint density at radius 3 is 2.17 bits per heavy atom. The molecule has 0 aliphatic heterocycles. The number of rotatable bonds is 6. The van der Waals surface area contributed by atoms with E-state index in [9.17, 15) is 9.90 Å². The van der Waals surface area contributed by atoms with Crippen molar-refractivity contribution < 1.29 is 14.6 Å². The van der Waals surface area contributed by atoms with Crippen LogP contribution in [0.2, 0.25) is 5.02 Å². The highest BCUT2D eigenvalue weighted by Gasteiger charge is 2.51. The fraction of sp³-hybridized carbons (Fsp3) is 0.367. The second kappa shape index (κ2) is 8.60. The second-order valence-electron chi connectivity index (χ2n) is 10.8. The van der Waals surface area contributed by atoms with E-state index in [0.29, 0.717) is 27.6 Å². The van der Waals surface area contributed by atoms with Crippen molar-refractivity contribution in [3.05, 3.63) is 82.9 Å². The Labute approximate surface area is 211 Å². The van der Waals surface area contributed by atoms with Crippen molar-refractivity contribution in [3.63, 3.8) is 0 Å². The summed E-state index contributed by atoms with van der Waals surface area (Å²) in [6.07, 6.45) is 8.24. The molecule has 1 N–H and O–H groups in total. The van der Waals surface area contributed by atoms with Gasteiger partial charge in [0.15, 0.2) is 0 Å². The normalized spacial score (nSPS) is 26.5. The van der Waals surface area contributed by atoms with E-state index >= 15 is 0 Å². The number of carboxylic acids is 1. The maximum absolute atomic E-state index is 11.6. The van der Waals surface area contributed by atoms with Crippen molar-refractivity contribution in [2.75, 3.05) is 11.9 Å². The van der Waals surface area contributed by atoms with Gasteiger partial charge in [-0.25, -0.2) is 4.79 Å². The van der Waals surface area contributed by atoms with E-state index in [-0.39, 0.29) is 5.56 Å². The van der Waals surface area contributed by atoms with Crippen LogP contribution in [0.3, 0.4) is 0 Å². The van der Waals surface area contributed by atoms with Gasteiger partial charge in [0.05, 0.1) is 16.3 Å². The van der Waals surface area contributed by atoms with E-state index in [1.165, 1.54) is 44.1 Å². The first kappa shape index (κ1) is 22.5. The van der Waals surface area contributed by atoms with E-state index < -0.39 is 5.97 Å². The summed E-state index contributed by atoms with van der Waals surface area (Å²) >= 11 is 6.74. The predicted octanol–water partition coefficient (Wildman–Crippen LogP) is 8.07. The van der Waals surface area contributed by atoms with Gasteiger partial charge in [-0.3, -0.25) is 0 Å². The van der Waals surface area contributed by atoms with Crippen LogP contribution in [0.4, 0.5) is 11.4 Å². The Morgan fingerprint density at radius 2 is 1.57 bits per heavy atom. The van der Waals surface area contributed by atoms with Crippen molar-refractivity contribution in [1.29, 1.82) is 0 Å². The van der Waals surface area contributed by atoms with Crippen LogP contribution in [0.5, 0.6) is 11.5 Å². The van der Waals surface area contributed by atoms with Crippen LogP contribution < -0.4 is 9.64 Å². The number of hydrogen-bond donors (Lipinski definition) is 1. The number of carbonyl (C=O) groups is 1. The standard InChI is InChI=1S/C30H30ClNO3/c1-32(27-5-3-2-4-25(27)29(33)34)23-7-9-24(10-8-23)35-28-11-6-22(15-26(28)31)30-16-19-12-20(17-30)14-21(13-19)18-30/h2-11,15,19-21H,12-14,16-18H2,1H3,(H,33,34). The van der Waals surface area contributed by atoms with Crippen molar-refractivity contribution >= 4 is 28.9 Å². The lowest BCUT2D eigenvalue weighted by molar-refractivity contribution is -0.00519. The highest BCUT2D eigenvalue weighted by Crippen LogP contribution is 2.61. The van der Waals surface area contributed by atoms with Crippen LogP contribution >= 0.6 is 11.6 Å². The van der Waals surface area contributed by atoms with Gasteiger partial charge in [-0.05, 0) is 116 Å². The van der Waals surface area contributed by atoms with Gasteiger partial charge < -0.3 is 14.7 Å². The molecule has 0 saturated heterocycles. The molecule has 4 bridgehead atoms. The van der Waals surface area contributed by atoms with Gasteiger partial charge in [0, 0.05) is 12.7 Å². The minimum atomic E-state index is -0.945. The van der Waals surface area contributed by atoms with E-state index in [1.807, 2.05) is 48.3 Å².